The minimum absolute atomic E-state index is 0.472. The molecule has 0 aromatic carbocycles. The summed E-state index contributed by atoms with van der Waals surface area (Å²) in [5.74, 6) is 0.845. The van der Waals surface area contributed by atoms with Crippen LogP contribution in [0.4, 0.5) is 0 Å². The SMILES string of the molecule is CC1=CC[C@@H](C)C1(C)C. The second kappa shape index (κ2) is 1.86. The lowest BCUT2D eigenvalue weighted by atomic mass is 9.79. The fourth-order valence-electron chi connectivity index (χ4n) is 1.30. The molecule has 52 valence electrons. The van der Waals surface area contributed by atoms with Gasteiger partial charge in [-0.2, -0.15) is 0 Å². The third-order valence-electron chi connectivity index (χ3n) is 3.03. The summed E-state index contributed by atoms with van der Waals surface area (Å²) in [6, 6.07) is 0. The summed E-state index contributed by atoms with van der Waals surface area (Å²) in [7, 11) is 0. The van der Waals surface area contributed by atoms with Gasteiger partial charge in [-0.3, -0.25) is 0 Å². The largest absolute Gasteiger partial charge is 0.0848 e. The first-order valence-corrected chi connectivity index (χ1v) is 3.72. The Morgan fingerprint density at radius 3 is 2.22 bits per heavy atom. The maximum Gasteiger partial charge on any atom is -0.0119 e. The summed E-state index contributed by atoms with van der Waals surface area (Å²) in [4.78, 5) is 0. The molecular formula is C9H16. The van der Waals surface area contributed by atoms with Gasteiger partial charge >= 0.3 is 0 Å². The summed E-state index contributed by atoms with van der Waals surface area (Å²) < 4.78 is 0. The Labute approximate surface area is 58.0 Å². The van der Waals surface area contributed by atoms with E-state index in [1.54, 1.807) is 5.57 Å². The van der Waals surface area contributed by atoms with E-state index in [4.69, 9.17) is 0 Å². The van der Waals surface area contributed by atoms with Crippen molar-refractivity contribution in [3.8, 4) is 0 Å². The van der Waals surface area contributed by atoms with Gasteiger partial charge in [-0.15, -0.1) is 0 Å². The fraction of sp³-hybridized carbons (Fsp3) is 0.778. The molecule has 0 spiro atoms. The van der Waals surface area contributed by atoms with Crippen LogP contribution in [-0.4, -0.2) is 0 Å². The molecule has 0 aromatic rings. The second-order valence-electron chi connectivity index (χ2n) is 3.75. The Morgan fingerprint density at radius 1 is 1.56 bits per heavy atom. The maximum atomic E-state index is 2.37. The Hall–Kier alpha value is -0.260. The van der Waals surface area contributed by atoms with Crippen LogP contribution in [0.5, 0.6) is 0 Å². The zero-order valence-corrected chi connectivity index (χ0v) is 6.86. The average Bonchev–Trinajstić information content (AvgIpc) is 1.96. The Kier molecular flexibility index (Phi) is 1.42. The molecule has 0 nitrogen and oxygen atoms in total. The van der Waals surface area contributed by atoms with E-state index < -0.39 is 0 Å². The molecule has 0 amide bonds. The van der Waals surface area contributed by atoms with E-state index in [-0.39, 0.29) is 0 Å². The number of rotatable bonds is 0. The van der Waals surface area contributed by atoms with Crippen molar-refractivity contribution in [1.82, 2.24) is 0 Å². The van der Waals surface area contributed by atoms with E-state index in [1.807, 2.05) is 0 Å². The van der Waals surface area contributed by atoms with E-state index >= 15 is 0 Å². The van der Waals surface area contributed by atoms with Gasteiger partial charge in [0, 0.05) is 0 Å². The quantitative estimate of drug-likeness (QED) is 0.435. The molecular weight excluding hydrogens is 108 g/mol. The van der Waals surface area contributed by atoms with E-state index in [9.17, 15) is 0 Å². The highest BCUT2D eigenvalue weighted by Gasteiger charge is 2.30. The summed E-state index contributed by atoms with van der Waals surface area (Å²) in [6.07, 6.45) is 3.64. The topological polar surface area (TPSA) is 0 Å². The minimum Gasteiger partial charge on any atom is -0.0848 e. The molecule has 0 aromatic heterocycles. The summed E-state index contributed by atoms with van der Waals surface area (Å²) in [6.45, 7) is 9.23. The van der Waals surface area contributed by atoms with Gasteiger partial charge in [0.25, 0.3) is 0 Å². The van der Waals surface area contributed by atoms with Crippen molar-refractivity contribution in [2.75, 3.05) is 0 Å². The van der Waals surface area contributed by atoms with Crippen LogP contribution < -0.4 is 0 Å². The van der Waals surface area contributed by atoms with Crippen molar-refractivity contribution < 1.29 is 0 Å². The first-order chi connectivity index (χ1) is 4.05. The van der Waals surface area contributed by atoms with Crippen molar-refractivity contribution >= 4 is 0 Å². The van der Waals surface area contributed by atoms with Gasteiger partial charge in [0.2, 0.25) is 0 Å². The van der Waals surface area contributed by atoms with Gasteiger partial charge in [0.15, 0.2) is 0 Å². The van der Waals surface area contributed by atoms with Crippen LogP contribution in [0, 0.1) is 11.3 Å². The molecule has 9 heavy (non-hydrogen) atoms. The molecule has 0 N–H and O–H groups in total. The lowest BCUT2D eigenvalue weighted by Gasteiger charge is -2.26. The van der Waals surface area contributed by atoms with Crippen LogP contribution in [0.2, 0.25) is 0 Å². The Balaban J connectivity index is 2.81. The van der Waals surface area contributed by atoms with Crippen LogP contribution in [0.1, 0.15) is 34.1 Å². The zero-order valence-electron chi connectivity index (χ0n) is 6.86. The standard InChI is InChI=1S/C9H16/c1-7-5-6-8(2)9(7,3)4/h5,8H,6H2,1-4H3/t8-/m1/s1. The third-order valence-corrected chi connectivity index (χ3v) is 3.03. The van der Waals surface area contributed by atoms with Gasteiger partial charge in [-0.1, -0.05) is 32.4 Å². The zero-order chi connectivity index (χ0) is 7.07. The molecule has 0 saturated heterocycles. The smallest absolute Gasteiger partial charge is 0.0119 e. The molecule has 0 bridgehead atoms. The Bertz CT molecular complexity index is 140. The average molecular weight is 124 g/mol. The molecule has 1 aliphatic rings. The van der Waals surface area contributed by atoms with Gasteiger partial charge in [0.05, 0.1) is 0 Å². The molecule has 0 heterocycles. The molecule has 1 aliphatic carbocycles. The molecule has 0 fully saturated rings. The van der Waals surface area contributed by atoms with Crippen LogP contribution in [-0.2, 0) is 0 Å². The number of hydrogen-bond acceptors (Lipinski definition) is 0. The van der Waals surface area contributed by atoms with Crippen molar-refractivity contribution in [2.45, 2.75) is 34.1 Å². The fourth-order valence-corrected chi connectivity index (χ4v) is 1.30. The van der Waals surface area contributed by atoms with Crippen molar-refractivity contribution in [1.29, 1.82) is 0 Å². The summed E-state index contributed by atoms with van der Waals surface area (Å²) in [5.41, 5.74) is 2.04. The minimum atomic E-state index is 0.472. The van der Waals surface area contributed by atoms with E-state index in [0.717, 1.165) is 5.92 Å². The highest BCUT2D eigenvalue weighted by atomic mass is 14.4. The summed E-state index contributed by atoms with van der Waals surface area (Å²) in [5, 5.41) is 0. The second-order valence-corrected chi connectivity index (χ2v) is 3.75. The van der Waals surface area contributed by atoms with Crippen molar-refractivity contribution in [3.05, 3.63) is 11.6 Å². The normalized spacial score (nSPS) is 32.4. The van der Waals surface area contributed by atoms with Gasteiger partial charge in [-0.25, -0.2) is 0 Å². The van der Waals surface area contributed by atoms with E-state index in [0.29, 0.717) is 5.41 Å². The van der Waals surface area contributed by atoms with Crippen LogP contribution >= 0.6 is 0 Å². The monoisotopic (exact) mass is 124 g/mol. The van der Waals surface area contributed by atoms with Crippen LogP contribution in [0.25, 0.3) is 0 Å². The number of hydrogen-bond donors (Lipinski definition) is 0. The molecule has 0 radical (unpaired) electrons. The molecule has 0 saturated carbocycles. The first-order valence-electron chi connectivity index (χ1n) is 3.72. The predicted octanol–water partition coefficient (Wildman–Crippen LogP) is 3.00. The van der Waals surface area contributed by atoms with Gasteiger partial charge < -0.3 is 0 Å². The molecule has 0 heteroatoms. The maximum absolute atomic E-state index is 2.37. The lowest BCUT2D eigenvalue weighted by molar-refractivity contribution is 0.317. The van der Waals surface area contributed by atoms with Gasteiger partial charge in [0.1, 0.15) is 0 Å². The van der Waals surface area contributed by atoms with E-state index in [2.05, 4.69) is 33.8 Å². The van der Waals surface area contributed by atoms with Gasteiger partial charge in [-0.05, 0) is 24.7 Å². The molecule has 0 aliphatic heterocycles. The molecule has 1 rings (SSSR count). The van der Waals surface area contributed by atoms with Crippen molar-refractivity contribution in [3.63, 3.8) is 0 Å². The molecule has 0 unspecified atom stereocenters. The summed E-state index contributed by atoms with van der Waals surface area (Å²) >= 11 is 0. The van der Waals surface area contributed by atoms with Crippen LogP contribution in [0.15, 0.2) is 11.6 Å². The Morgan fingerprint density at radius 2 is 2.11 bits per heavy atom. The predicted molar refractivity (Wildman–Crippen MR) is 41.3 cm³/mol. The third kappa shape index (κ3) is 0.910. The first kappa shape index (κ1) is 6.85. The van der Waals surface area contributed by atoms with Crippen LogP contribution in [0.3, 0.4) is 0 Å². The van der Waals surface area contributed by atoms with E-state index in [1.165, 1.54) is 6.42 Å². The van der Waals surface area contributed by atoms with Crippen molar-refractivity contribution in [2.24, 2.45) is 11.3 Å². The highest BCUT2D eigenvalue weighted by Crippen LogP contribution is 2.42. The lowest BCUT2D eigenvalue weighted by Crippen LogP contribution is -2.16. The number of allylic oxidation sites excluding steroid dienone is 2. The molecule has 1 atom stereocenters. The highest BCUT2D eigenvalue weighted by molar-refractivity contribution is 5.17.